The van der Waals surface area contributed by atoms with Crippen molar-refractivity contribution in [2.24, 2.45) is 0 Å². The second-order valence-electron chi connectivity index (χ2n) is 7.50. The smallest absolute Gasteiger partial charge is 0.331 e. The molecule has 0 saturated carbocycles. The van der Waals surface area contributed by atoms with E-state index in [-0.39, 0.29) is 17.9 Å². The van der Waals surface area contributed by atoms with Crippen LogP contribution in [0.2, 0.25) is 0 Å². The summed E-state index contributed by atoms with van der Waals surface area (Å²) < 4.78 is 7.55. The van der Waals surface area contributed by atoms with E-state index in [0.29, 0.717) is 31.1 Å². The van der Waals surface area contributed by atoms with Crippen molar-refractivity contribution in [3.05, 3.63) is 67.8 Å². The molecule has 30 heavy (non-hydrogen) atoms. The summed E-state index contributed by atoms with van der Waals surface area (Å²) in [7, 11) is 0. The Balaban J connectivity index is 1.66. The van der Waals surface area contributed by atoms with Gasteiger partial charge in [-0.05, 0) is 31.7 Å². The summed E-state index contributed by atoms with van der Waals surface area (Å²) in [5, 5.41) is 6.64. The molecule has 0 aliphatic carbocycles. The molecule has 1 aliphatic rings. The van der Waals surface area contributed by atoms with Crippen molar-refractivity contribution in [1.29, 1.82) is 0 Å². The average molecular weight is 409 g/mol. The lowest BCUT2D eigenvalue weighted by molar-refractivity contribution is -0.121. The molecular weight excluding hydrogens is 386 g/mol. The van der Waals surface area contributed by atoms with Gasteiger partial charge in [0.2, 0.25) is 17.6 Å². The van der Waals surface area contributed by atoms with Crippen molar-refractivity contribution in [3.8, 4) is 11.4 Å². The number of benzene rings is 1. The standard InChI is InChI=1S/C21H23N5O4/c1-13-6-8-15(9-7-13)11-22-17(27)12-26-20(28)18(19-23-14(2)30-24-19)16-5-3-4-10-25(16)21(26)29/h6-9H,3-5,10-12H2,1-2H3,(H,22,27). The Morgan fingerprint density at radius 2 is 1.93 bits per heavy atom. The predicted octanol–water partition coefficient (Wildman–Crippen LogP) is 1.33. The van der Waals surface area contributed by atoms with Crippen LogP contribution in [0.25, 0.3) is 11.4 Å². The van der Waals surface area contributed by atoms with Gasteiger partial charge >= 0.3 is 5.69 Å². The number of nitrogens with zero attached hydrogens (tertiary/aromatic N) is 4. The molecule has 1 N–H and O–H groups in total. The van der Waals surface area contributed by atoms with Crippen molar-refractivity contribution in [1.82, 2.24) is 24.6 Å². The van der Waals surface area contributed by atoms with Gasteiger partial charge in [0, 0.05) is 25.7 Å². The van der Waals surface area contributed by atoms with Crippen LogP contribution in [0.1, 0.15) is 35.6 Å². The Labute approximate surface area is 172 Å². The monoisotopic (exact) mass is 409 g/mol. The molecule has 0 unspecified atom stereocenters. The SMILES string of the molecule is Cc1ccc(CNC(=O)Cn2c(=O)c(-c3noc(C)n3)c3n(c2=O)CCCC3)cc1. The highest BCUT2D eigenvalue weighted by molar-refractivity contribution is 5.75. The fourth-order valence-electron chi connectivity index (χ4n) is 3.67. The average Bonchev–Trinajstić information content (AvgIpc) is 3.16. The van der Waals surface area contributed by atoms with Crippen LogP contribution in [-0.4, -0.2) is 25.2 Å². The maximum Gasteiger partial charge on any atom is 0.331 e. The van der Waals surface area contributed by atoms with Crippen molar-refractivity contribution < 1.29 is 9.32 Å². The van der Waals surface area contributed by atoms with Crippen molar-refractivity contribution in [3.63, 3.8) is 0 Å². The molecule has 1 aliphatic heterocycles. The number of carbonyl (C=O) groups is 1. The van der Waals surface area contributed by atoms with Crippen LogP contribution in [0.15, 0.2) is 38.4 Å². The van der Waals surface area contributed by atoms with Crippen LogP contribution in [0.4, 0.5) is 0 Å². The minimum atomic E-state index is -0.570. The number of carbonyl (C=O) groups excluding carboxylic acids is 1. The highest BCUT2D eigenvalue weighted by atomic mass is 16.5. The summed E-state index contributed by atoms with van der Waals surface area (Å²) in [5.74, 6) is 0.0610. The van der Waals surface area contributed by atoms with Gasteiger partial charge in [-0.1, -0.05) is 35.0 Å². The number of hydrogen-bond acceptors (Lipinski definition) is 6. The van der Waals surface area contributed by atoms with Gasteiger partial charge in [-0.25, -0.2) is 4.79 Å². The first-order valence-corrected chi connectivity index (χ1v) is 9.93. The predicted molar refractivity (Wildman–Crippen MR) is 109 cm³/mol. The lowest BCUT2D eigenvalue weighted by atomic mass is 10.0. The number of rotatable bonds is 5. The molecule has 3 heterocycles. The maximum absolute atomic E-state index is 13.2. The second kappa shape index (κ2) is 8.10. The van der Waals surface area contributed by atoms with Gasteiger partial charge < -0.3 is 9.84 Å². The highest BCUT2D eigenvalue weighted by Crippen LogP contribution is 2.21. The third-order valence-electron chi connectivity index (χ3n) is 5.24. The molecule has 156 valence electrons. The molecule has 0 radical (unpaired) electrons. The van der Waals surface area contributed by atoms with Crippen LogP contribution in [0.3, 0.4) is 0 Å². The Bertz CT molecular complexity index is 1200. The summed E-state index contributed by atoms with van der Waals surface area (Å²) in [4.78, 5) is 42.8. The number of amides is 1. The minimum Gasteiger partial charge on any atom is -0.350 e. The van der Waals surface area contributed by atoms with E-state index in [2.05, 4.69) is 15.5 Å². The molecule has 0 spiro atoms. The number of aromatic nitrogens is 4. The van der Waals surface area contributed by atoms with E-state index in [9.17, 15) is 14.4 Å². The van der Waals surface area contributed by atoms with Crippen LogP contribution in [-0.2, 0) is 30.8 Å². The first kappa shape index (κ1) is 19.8. The summed E-state index contributed by atoms with van der Waals surface area (Å²) in [5.41, 5.74) is 1.85. The molecule has 0 atom stereocenters. The van der Waals surface area contributed by atoms with E-state index < -0.39 is 17.2 Å². The normalized spacial score (nSPS) is 13.1. The fourth-order valence-corrected chi connectivity index (χ4v) is 3.67. The topological polar surface area (TPSA) is 112 Å². The van der Waals surface area contributed by atoms with Gasteiger partial charge in [-0.15, -0.1) is 0 Å². The van der Waals surface area contributed by atoms with E-state index in [1.165, 1.54) is 0 Å². The second-order valence-corrected chi connectivity index (χ2v) is 7.50. The van der Waals surface area contributed by atoms with E-state index >= 15 is 0 Å². The number of nitrogens with one attached hydrogen (secondary N) is 1. The molecule has 1 amide bonds. The summed E-state index contributed by atoms with van der Waals surface area (Å²) >= 11 is 0. The van der Waals surface area contributed by atoms with Gasteiger partial charge in [0.1, 0.15) is 12.1 Å². The van der Waals surface area contributed by atoms with Crippen molar-refractivity contribution in [2.45, 2.75) is 52.7 Å². The summed E-state index contributed by atoms with van der Waals surface area (Å²) in [6.45, 7) is 4.06. The molecule has 1 aromatic carbocycles. The van der Waals surface area contributed by atoms with Gasteiger partial charge in [-0.3, -0.25) is 18.7 Å². The first-order valence-electron chi connectivity index (χ1n) is 9.93. The van der Waals surface area contributed by atoms with E-state index in [0.717, 1.165) is 28.5 Å². The quantitative estimate of drug-likeness (QED) is 0.680. The molecule has 9 heteroatoms. The number of aryl methyl sites for hydroxylation is 2. The fraction of sp³-hybridized carbons (Fsp3) is 0.381. The zero-order valence-electron chi connectivity index (χ0n) is 17.0. The Kier molecular flexibility index (Phi) is 5.35. The molecule has 3 aromatic rings. The van der Waals surface area contributed by atoms with Gasteiger partial charge in [0.05, 0.1) is 0 Å². The van der Waals surface area contributed by atoms with Gasteiger partial charge in [0.25, 0.3) is 5.56 Å². The lowest BCUT2D eigenvalue weighted by Gasteiger charge is -2.21. The van der Waals surface area contributed by atoms with E-state index in [1.54, 1.807) is 11.5 Å². The first-order chi connectivity index (χ1) is 14.4. The van der Waals surface area contributed by atoms with E-state index in [4.69, 9.17) is 4.52 Å². The van der Waals surface area contributed by atoms with Crippen LogP contribution < -0.4 is 16.6 Å². The summed E-state index contributed by atoms with van der Waals surface area (Å²) in [6, 6.07) is 7.76. The minimum absolute atomic E-state index is 0.150. The largest absolute Gasteiger partial charge is 0.350 e. The third kappa shape index (κ3) is 3.83. The maximum atomic E-state index is 13.2. The third-order valence-corrected chi connectivity index (χ3v) is 5.24. The van der Waals surface area contributed by atoms with Crippen molar-refractivity contribution >= 4 is 5.91 Å². The molecular formula is C21H23N5O4. The van der Waals surface area contributed by atoms with E-state index in [1.807, 2.05) is 31.2 Å². The zero-order chi connectivity index (χ0) is 21.3. The highest BCUT2D eigenvalue weighted by Gasteiger charge is 2.26. The number of hydrogen-bond donors (Lipinski definition) is 1. The van der Waals surface area contributed by atoms with Crippen molar-refractivity contribution in [2.75, 3.05) is 0 Å². The molecule has 0 saturated heterocycles. The zero-order valence-corrected chi connectivity index (χ0v) is 17.0. The Hall–Kier alpha value is -3.49. The van der Waals surface area contributed by atoms with Gasteiger partial charge in [0.15, 0.2) is 0 Å². The molecule has 0 bridgehead atoms. The molecule has 2 aromatic heterocycles. The number of fused-ring (bicyclic) bond motifs is 1. The molecule has 4 rings (SSSR count). The summed E-state index contributed by atoms with van der Waals surface area (Å²) in [6.07, 6.45) is 2.27. The molecule has 9 nitrogen and oxygen atoms in total. The molecule has 0 fully saturated rings. The van der Waals surface area contributed by atoms with Crippen LogP contribution in [0, 0.1) is 13.8 Å². The van der Waals surface area contributed by atoms with Crippen LogP contribution >= 0.6 is 0 Å². The Morgan fingerprint density at radius 1 is 1.17 bits per heavy atom. The van der Waals surface area contributed by atoms with Gasteiger partial charge in [-0.2, -0.15) is 4.98 Å². The lowest BCUT2D eigenvalue weighted by Crippen LogP contribution is -2.46. The van der Waals surface area contributed by atoms with Crippen LogP contribution in [0.5, 0.6) is 0 Å². The Morgan fingerprint density at radius 3 is 2.63 bits per heavy atom.